The van der Waals surface area contributed by atoms with Crippen LogP contribution in [0.1, 0.15) is 11.1 Å². The van der Waals surface area contributed by atoms with Gasteiger partial charge in [0.25, 0.3) is 0 Å². The van der Waals surface area contributed by atoms with Crippen molar-refractivity contribution in [2.75, 3.05) is 0 Å². The Bertz CT molecular complexity index is 750. The van der Waals surface area contributed by atoms with Gasteiger partial charge in [0.15, 0.2) is 17.4 Å². The molecule has 0 aromatic heterocycles. The standard InChI is InChI=1S/C14H8F5NO3/c1-7-3-2-4-11(12(7)20(21)22)23-13-9(15)5-8(6-10(13)16)14(17,18)19/h2-6H,1H3. The topological polar surface area (TPSA) is 52.4 Å². The number of nitrogens with zero attached hydrogens (tertiary/aromatic N) is 1. The lowest BCUT2D eigenvalue weighted by Gasteiger charge is -2.12. The SMILES string of the molecule is Cc1cccc(Oc2c(F)cc(C(F)(F)F)cc2F)c1[N+](=O)[O-]. The third kappa shape index (κ3) is 3.38. The van der Waals surface area contributed by atoms with Crippen molar-refractivity contribution >= 4 is 5.69 Å². The number of benzene rings is 2. The average molecular weight is 333 g/mol. The Balaban J connectivity index is 2.51. The van der Waals surface area contributed by atoms with Gasteiger partial charge in [-0.05, 0) is 25.1 Å². The van der Waals surface area contributed by atoms with Crippen LogP contribution in [0.25, 0.3) is 0 Å². The van der Waals surface area contributed by atoms with Gasteiger partial charge in [-0.2, -0.15) is 13.2 Å². The molecule has 0 aliphatic carbocycles. The van der Waals surface area contributed by atoms with E-state index in [9.17, 15) is 32.1 Å². The second kappa shape index (κ2) is 5.82. The number of nitro groups is 1. The van der Waals surface area contributed by atoms with Crippen molar-refractivity contribution < 1.29 is 31.6 Å². The van der Waals surface area contributed by atoms with Gasteiger partial charge in [-0.1, -0.05) is 12.1 Å². The van der Waals surface area contributed by atoms with Gasteiger partial charge in [0.2, 0.25) is 5.75 Å². The highest BCUT2D eigenvalue weighted by atomic mass is 19.4. The third-order valence-electron chi connectivity index (χ3n) is 2.92. The van der Waals surface area contributed by atoms with E-state index in [-0.39, 0.29) is 17.7 Å². The smallest absolute Gasteiger partial charge is 0.416 e. The highest BCUT2D eigenvalue weighted by Crippen LogP contribution is 2.38. The number of hydrogen-bond donors (Lipinski definition) is 0. The van der Waals surface area contributed by atoms with Crippen molar-refractivity contribution in [3.63, 3.8) is 0 Å². The summed E-state index contributed by atoms with van der Waals surface area (Å²) in [5, 5.41) is 11.0. The van der Waals surface area contributed by atoms with Crippen molar-refractivity contribution in [3.8, 4) is 11.5 Å². The molecule has 0 radical (unpaired) electrons. The van der Waals surface area contributed by atoms with Crippen LogP contribution < -0.4 is 4.74 Å². The van der Waals surface area contributed by atoms with Crippen molar-refractivity contribution in [1.29, 1.82) is 0 Å². The number of ether oxygens (including phenoxy) is 1. The minimum Gasteiger partial charge on any atom is -0.444 e. The molecule has 0 fully saturated rings. The van der Waals surface area contributed by atoms with Gasteiger partial charge in [0, 0.05) is 5.56 Å². The monoisotopic (exact) mass is 333 g/mol. The zero-order valence-electron chi connectivity index (χ0n) is 11.4. The summed E-state index contributed by atoms with van der Waals surface area (Å²) in [6, 6.07) is 3.92. The van der Waals surface area contributed by atoms with Gasteiger partial charge in [-0.3, -0.25) is 10.1 Å². The number of aryl methyl sites for hydroxylation is 1. The normalized spacial score (nSPS) is 11.4. The average Bonchev–Trinajstić information content (AvgIpc) is 2.41. The molecule has 0 N–H and O–H groups in total. The second-order valence-electron chi connectivity index (χ2n) is 4.55. The zero-order valence-corrected chi connectivity index (χ0v) is 11.4. The molecule has 0 aliphatic rings. The van der Waals surface area contributed by atoms with Gasteiger partial charge in [0.05, 0.1) is 10.5 Å². The minimum absolute atomic E-state index is 0.0556. The molecule has 122 valence electrons. The van der Waals surface area contributed by atoms with E-state index in [2.05, 4.69) is 0 Å². The number of hydrogen-bond acceptors (Lipinski definition) is 3. The molecule has 2 aromatic rings. The van der Waals surface area contributed by atoms with Crippen LogP contribution in [0.5, 0.6) is 11.5 Å². The molecular formula is C14H8F5NO3. The number of alkyl halides is 3. The summed E-state index contributed by atoms with van der Waals surface area (Å²) in [4.78, 5) is 10.2. The van der Waals surface area contributed by atoms with Crippen LogP contribution in [0.15, 0.2) is 30.3 Å². The van der Waals surface area contributed by atoms with Crippen molar-refractivity contribution in [2.45, 2.75) is 13.1 Å². The second-order valence-corrected chi connectivity index (χ2v) is 4.55. The van der Waals surface area contributed by atoms with Crippen LogP contribution in [0.2, 0.25) is 0 Å². The highest BCUT2D eigenvalue weighted by molar-refractivity contribution is 5.54. The van der Waals surface area contributed by atoms with Crippen LogP contribution in [-0.2, 0) is 6.18 Å². The maximum absolute atomic E-state index is 13.7. The quantitative estimate of drug-likeness (QED) is 0.451. The summed E-state index contributed by atoms with van der Waals surface area (Å²) in [5.74, 6) is -4.86. The van der Waals surface area contributed by atoms with Gasteiger partial charge in [-0.25, -0.2) is 8.78 Å². The van der Waals surface area contributed by atoms with Crippen LogP contribution in [-0.4, -0.2) is 4.92 Å². The summed E-state index contributed by atoms with van der Waals surface area (Å²) >= 11 is 0. The molecule has 9 heteroatoms. The summed E-state index contributed by atoms with van der Waals surface area (Å²) in [6.07, 6.45) is -4.93. The first-order chi connectivity index (χ1) is 10.6. The maximum atomic E-state index is 13.7. The maximum Gasteiger partial charge on any atom is 0.416 e. The molecule has 0 amide bonds. The molecule has 0 atom stereocenters. The third-order valence-corrected chi connectivity index (χ3v) is 2.92. The lowest BCUT2D eigenvalue weighted by Crippen LogP contribution is -2.07. The molecule has 4 nitrogen and oxygen atoms in total. The number of rotatable bonds is 3. The van der Waals surface area contributed by atoms with E-state index in [4.69, 9.17) is 4.74 Å². The van der Waals surface area contributed by atoms with Crippen LogP contribution >= 0.6 is 0 Å². The molecule has 0 saturated carbocycles. The molecule has 0 heterocycles. The predicted molar refractivity (Wildman–Crippen MR) is 69.3 cm³/mol. The molecule has 0 spiro atoms. The van der Waals surface area contributed by atoms with Crippen molar-refractivity contribution in [1.82, 2.24) is 0 Å². The Morgan fingerprint density at radius 1 is 1.13 bits per heavy atom. The molecule has 0 bridgehead atoms. The van der Waals surface area contributed by atoms with Gasteiger partial charge >= 0.3 is 11.9 Å². The molecular weight excluding hydrogens is 325 g/mol. The van der Waals surface area contributed by atoms with Crippen LogP contribution in [0.3, 0.4) is 0 Å². The van der Waals surface area contributed by atoms with Crippen LogP contribution in [0, 0.1) is 28.7 Å². The van der Waals surface area contributed by atoms with E-state index in [0.717, 1.165) is 6.07 Å². The molecule has 0 saturated heterocycles. The van der Waals surface area contributed by atoms with E-state index in [0.29, 0.717) is 0 Å². The Hall–Kier alpha value is -2.71. The number of halogens is 5. The van der Waals surface area contributed by atoms with Gasteiger partial charge in [-0.15, -0.1) is 0 Å². The Morgan fingerprint density at radius 2 is 1.70 bits per heavy atom. The fraction of sp³-hybridized carbons (Fsp3) is 0.143. The van der Waals surface area contributed by atoms with Crippen molar-refractivity contribution in [3.05, 3.63) is 63.2 Å². The summed E-state index contributed by atoms with van der Waals surface area (Å²) in [5.41, 5.74) is -1.90. The summed E-state index contributed by atoms with van der Waals surface area (Å²) in [7, 11) is 0. The number of nitro benzene ring substituents is 1. The fourth-order valence-electron chi connectivity index (χ4n) is 1.88. The Kier molecular flexibility index (Phi) is 4.22. The van der Waals surface area contributed by atoms with E-state index in [1.807, 2.05) is 0 Å². The summed E-state index contributed by atoms with van der Waals surface area (Å²) < 4.78 is 69.7. The van der Waals surface area contributed by atoms with Gasteiger partial charge in [0.1, 0.15) is 0 Å². The molecule has 2 aromatic carbocycles. The Morgan fingerprint density at radius 3 is 2.17 bits per heavy atom. The lowest BCUT2D eigenvalue weighted by atomic mass is 10.1. The van der Waals surface area contributed by atoms with E-state index in [1.54, 1.807) is 0 Å². The largest absolute Gasteiger partial charge is 0.444 e. The fourth-order valence-corrected chi connectivity index (χ4v) is 1.88. The molecule has 0 unspecified atom stereocenters. The molecule has 0 aliphatic heterocycles. The molecule has 2 rings (SSSR count). The summed E-state index contributed by atoms with van der Waals surface area (Å²) in [6.45, 7) is 1.38. The molecule has 23 heavy (non-hydrogen) atoms. The highest BCUT2D eigenvalue weighted by Gasteiger charge is 2.33. The zero-order chi connectivity index (χ0) is 17.4. The lowest BCUT2D eigenvalue weighted by molar-refractivity contribution is -0.386. The van der Waals surface area contributed by atoms with Gasteiger partial charge < -0.3 is 4.74 Å². The van der Waals surface area contributed by atoms with Crippen molar-refractivity contribution in [2.24, 2.45) is 0 Å². The predicted octanol–water partition coefficient (Wildman–Crippen LogP) is 4.99. The first kappa shape index (κ1) is 16.7. The van der Waals surface area contributed by atoms with E-state index in [1.165, 1.54) is 19.1 Å². The first-order valence-electron chi connectivity index (χ1n) is 6.09. The van der Waals surface area contributed by atoms with E-state index >= 15 is 0 Å². The first-order valence-corrected chi connectivity index (χ1v) is 6.09. The Labute approximate surface area is 126 Å². The number of para-hydroxylation sites is 1. The minimum atomic E-state index is -4.93. The van der Waals surface area contributed by atoms with Crippen LogP contribution in [0.4, 0.5) is 27.6 Å². The van der Waals surface area contributed by atoms with E-state index < -0.39 is 45.5 Å².